The van der Waals surface area contributed by atoms with Gasteiger partial charge in [0.1, 0.15) is 5.75 Å². The Morgan fingerprint density at radius 2 is 2.06 bits per heavy atom. The highest BCUT2D eigenvalue weighted by Gasteiger charge is 2.42. The molecule has 1 aliphatic carbocycles. The molecule has 0 heterocycles. The van der Waals surface area contributed by atoms with E-state index in [1.165, 1.54) is 12.1 Å². The number of carbonyl (C=O) groups is 1. The molecule has 1 aromatic carbocycles. The van der Waals surface area contributed by atoms with Crippen molar-refractivity contribution in [2.45, 2.75) is 19.8 Å². The summed E-state index contributed by atoms with van der Waals surface area (Å²) >= 11 is 0. The maximum Gasteiger partial charge on any atom is 0.409 e. The van der Waals surface area contributed by atoms with Gasteiger partial charge in [-0.25, -0.2) is 4.72 Å². The molecule has 1 saturated carbocycles. The van der Waals surface area contributed by atoms with Crippen molar-refractivity contribution >= 4 is 16.2 Å². The Morgan fingerprint density at radius 1 is 1.39 bits per heavy atom. The van der Waals surface area contributed by atoms with Gasteiger partial charge in [-0.1, -0.05) is 31.5 Å². The van der Waals surface area contributed by atoms with Gasteiger partial charge in [0, 0.05) is 5.92 Å². The zero-order valence-electron chi connectivity index (χ0n) is 10.00. The summed E-state index contributed by atoms with van der Waals surface area (Å²) in [5.41, 5.74) is 0. The van der Waals surface area contributed by atoms with Crippen LogP contribution < -0.4 is 8.91 Å². The maximum absolute atomic E-state index is 11.6. The predicted molar refractivity (Wildman–Crippen MR) is 66.0 cm³/mol. The van der Waals surface area contributed by atoms with Gasteiger partial charge >= 0.3 is 10.3 Å². The monoisotopic (exact) mass is 269 g/mol. The zero-order valence-corrected chi connectivity index (χ0v) is 10.8. The summed E-state index contributed by atoms with van der Waals surface area (Å²) in [7, 11) is -4.07. The number of benzene rings is 1. The van der Waals surface area contributed by atoms with Gasteiger partial charge < -0.3 is 4.18 Å². The molecule has 1 aliphatic rings. The van der Waals surface area contributed by atoms with Gasteiger partial charge in [-0.2, -0.15) is 8.42 Å². The molecule has 2 rings (SSSR count). The van der Waals surface area contributed by atoms with Crippen molar-refractivity contribution in [3.8, 4) is 5.75 Å². The Morgan fingerprint density at radius 3 is 2.61 bits per heavy atom. The van der Waals surface area contributed by atoms with E-state index in [1.54, 1.807) is 18.2 Å². The van der Waals surface area contributed by atoms with Gasteiger partial charge in [0.2, 0.25) is 5.91 Å². The minimum Gasteiger partial charge on any atom is -0.367 e. The van der Waals surface area contributed by atoms with E-state index < -0.39 is 16.2 Å². The largest absolute Gasteiger partial charge is 0.409 e. The first-order chi connectivity index (χ1) is 8.52. The second kappa shape index (κ2) is 4.97. The molecule has 0 saturated heterocycles. The van der Waals surface area contributed by atoms with E-state index in [0.29, 0.717) is 5.92 Å². The fourth-order valence-electron chi connectivity index (χ4n) is 1.84. The highest BCUT2D eigenvalue weighted by atomic mass is 32.2. The summed E-state index contributed by atoms with van der Waals surface area (Å²) in [5, 5.41) is 0. The summed E-state index contributed by atoms with van der Waals surface area (Å²) in [6, 6.07) is 8.07. The van der Waals surface area contributed by atoms with E-state index in [2.05, 4.69) is 0 Å². The Labute approximate surface area is 106 Å². The first-order valence-electron chi connectivity index (χ1n) is 5.83. The molecule has 98 valence electrons. The Hall–Kier alpha value is -1.56. The summed E-state index contributed by atoms with van der Waals surface area (Å²) in [6.45, 7) is 1.98. The van der Waals surface area contributed by atoms with E-state index in [0.717, 1.165) is 12.8 Å². The van der Waals surface area contributed by atoms with Gasteiger partial charge in [-0.05, 0) is 24.5 Å². The van der Waals surface area contributed by atoms with Gasteiger partial charge in [0.05, 0.1) is 0 Å². The molecule has 0 spiro atoms. The minimum atomic E-state index is -4.07. The van der Waals surface area contributed by atoms with Gasteiger partial charge in [-0.15, -0.1) is 0 Å². The number of rotatable bonds is 5. The van der Waals surface area contributed by atoms with E-state index in [-0.39, 0.29) is 11.7 Å². The molecule has 18 heavy (non-hydrogen) atoms. The van der Waals surface area contributed by atoms with Crippen molar-refractivity contribution in [2.75, 3.05) is 0 Å². The lowest BCUT2D eigenvalue weighted by Gasteiger charge is -2.07. The Balaban J connectivity index is 1.94. The molecule has 0 aromatic heterocycles. The Bertz CT molecular complexity index is 526. The summed E-state index contributed by atoms with van der Waals surface area (Å²) in [6.07, 6.45) is 1.64. The second-order valence-electron chi connectivity index (χ2n) is 4.33. The van der Waals surface area contributed by atoms with Crippen LogP contribution in [0.3, 0.4) is 0 Å². The van der Waals surface area contributed by atoms with Gasteiger partial charge in [0.25, 0.3) is 0 Å². The van der Waals surface area contributed by atoms with E-state index in [4.69, 9.17) is 4.18 Å². The van der Waals surface area contributed by atoms with Crippen molar-refractivity contribution in [1.29, 1.82) is 0 Å². The van der Waals surface area contributed by atoms with Gasteiger partial charge in [0.15, 0.2) is 0 Å². The van der Waals surface area contributed by atoms with Crippen LogP contribution in [0.1, 0.15) is 19.8 Å². The maximum atomic E-state index is 11.6. The standard InChI is InChI=1S/C12H15NO4S/c1-2-9-8-11(9)12(14)13-18(15,16)17-10-6-4-3-5-7-10/h3-7,9,11H,2,8H2,1H3,(H,13,14)/t9-,11+/m1/s1. The zero-order chi connectivity index (χ0) is 13.2. The van der Waals surface area contributed by atoms with E-state index in [9.17, 15) is 13.2 Å². The number of hydrogen-bond donors (Lipinski definition) is 1. The molecule has 5 nitrogen and oxygen atoms in total. The molecule has 0 radical (unpaired) electrons. The molecular weight excluding hydrogens is 254 g/mol. The van der Waals surface area contributed by atoms with Crippen LogP contribution in [0.5, 0.6) is 5.75 Å². The molecule has 0 bridgehead atoms. The molecule has 6 heteroatoms. The first-order valence-corrected chi connectivity index (χ1v) is 7.24. The molecule has 1 N–H and O–H groups in total. The third-order valence-electron chi connectivity index (χ3n) is 2.96. The van der Waals surface area contributed by atoms with Crippen LogP contribution in [0.25, 0.3) is 0 Å². The highest BCUT2D eigenvalue weighted by molar-refractivity contribution is 7.85. The molecule has 1 amide bonds. The fourth-order valence-corrected chi connectivity index (χ4v) is 2.65. The number of para-hydroxylation sites is 1. The van der Waals surface area contributed by atoms with Crippen LogP contribution in [0.15, 0.2) is 30.3 Å². The molecule has 0 aliphatic heterocycles. The minimum absolute atomic E-state index is 0.181. The number of amides is 1. The quantitative estimate of drug-likeness (QED) is 0.878. The summed E-state index contributed by atoms with van der Waals surface area (Å²) < 4.78 is 29.9. The van der Waals surface area contributed by atoms with Crippen molar-refractivity contribution in [1.82, 2.24) is 4.72 Å². The third kappa shape index (κ3) is 3.22. The molecular formula is C12H15NO4S. The van der Waals surface area contributed by atoms with Crippen LogP contribution >= 0.6 is 0 Å². The normalized spacial score (nSPS) is 22.3. The summed E-state index contributed by atoms with van der Waals surface area (Å²) in [5.74, 6) is -0.181. The number of carbonyl (C=O) groups excluding carboxylic acids is 1. The van der Waals surface area contributed by atoms with Crippen LogP contribution in [0.2, 0.25) is 0 Å². The SMILES string of the molecule is CC[C@@H]1C[C@@H]1C(=O)NS(=O)(=O)Oc1ccccc1. The fraction of sp³-hybridized carbons (Fsp3) is 0.417. The lowest BCUT2D eigenvalue weighted by Crippen LogP contribution is -2.35. The first kappa shape index (κ1) is 12.9. The number of nitrogens with one attached hydrogen (secondary N) is 1. The average molecular weight is 269 g/mol. The smallest absolute Gasteiger partial charge is 0.367 e. The van der Waals surface area contributed by atoms with Crippen LogP contribution in [0, 0.1) is 11.8 Å². The average Bonchev–Trinajstić information content (AvgIpc) is 3.08. The lowest BCUT2D eigenvalue weighted by atomic mass is 10.2. The van der Waals surface area contributed by atoms with E-state index >= 15 is 0 Å². The van der Waals surface area contributed by atoms with Crippen LogP contribution in [-0.2, 0) is 15.1 Å². The Kier molecular flexibility index (Phi) is 3.56. The third-order valence-corrected chi connectivity index (χ3v) is 3.82. The topological polar surface area (TPSA) is 72.5 Å². The van der Waals surface area contributed by atoms with Crippen molar-refractivity contribution < 1.29 is 17.4 Å². The van der Waals surface area contributed by atoms with Crippen LogP contribution in [0.4, 0.5) is 0 Å². The van der Waals surface area contributed by atoms with E-state index in [1.807, 2.05) is 11.6 Å². The van der Waals surface area contributed by atoms with Gasteiger partial charge in [-0.3, -0.25) is 4.79 Å². The van der Waals surface area contributed by atoms with Crippen LogP contribution in [-0.4, -0.2) is 14.3 Å². The number of hydrogen-bond acceptors (Lipinski definition) is 4. The molecule has 0 unspecified atom stereocenters. The summed E-state index contributed by atoms with van der Waals surface area (Å²) in [4.78, 5) is 11.6. The molecule has 1 aromatic rings. The predicted octanol–water partition coefficient (Wildman–Crippen LogP) is 1.47. The lowest BCUT2D eigenvalue weighted by molar-refractivity contribution is -0.120. The molecule has 1 fully saturated rings. The molecule has 2 atom stereocenters. The van der Waals surface area contributed by atoms with Crippen molar-refractivity contribution in [2.24, 2.45) is 11.8 Å². The van der Waals surface area contributed by atoms with Crippen molar-refractivity contribution in [3.63, 3.8) is 0 Å². The second-order valence-corrected chi connectivity index (χ2v) is 5.61. The van der Waals surface area contributed by atoms with Crippen molar-refractivity contribution in [3.05, 3.63) is 30.3 Å². The highest BCUT2D eigenvalue weighted by Crippen LogP contribution is 2.41.